The van der Waals surface area contributed by atoms with E-state index in [-0.39, 0.29) is 20.6 Å². The lowest BCUT2D eigenvalue weighted by molar-refractivity contribution is -0.114. The Bertz CT molecular complexity index is 1210. The summed E-state index contributed by atoms with van der Waals surface area (Å²) in [5.74, 6) is -0.491. The standard InChI is InChI=1S/C23H22Cl2N2O3S/c1-15-4-8-22(9-5-15)31(29,30)27(21-12-18(24)11-19(25)13-21)14-23(28)26-20-7-6-16(2)17(3)10-20/h4-13H,14H2,1-3H3,(H,26,28). The molecule has 0 saturated heterocycles. The highest BCUT2D eigenvalue weighted by Crippen LogP contribution is 2.30. The Kier molecular flexibility index (Phi) is 6.94. The molecule has 1 N–H and O–H groups in total. The zero-order valence-corrected chi connectivity index (χ0v) is 19.6. The van der Waals surface area contributed by atoms with E-state index in [1.54, 1.807) is 18.2 Å². The van der Waals surface area contributed by atoms with Crippen molar-refractivity contribution in [1.82, 2.24) is 0 Å². The number of halogens is 2. The summed E-state index contributed by atoms with van der Waals surface area (Å²) in [6.45, 7) is 5.33. The van der Waals surface area contributed by atoms with E-state index >= 15 is 0 Å². The second-order valence-electron chi connectivity index (χ2n) is 7.30. The monoisotopic (exact) mass is 476 g/mol. The van der Waals surface area contributed by atoms with Crippen LogP contribution < -0.4 is 9.62 Å². The summed E-state index contributed by atoms with van der Waals surface area (Å²) in [6.07, 6.45) is 0. The fraction of sp³-hybridized carbons (Fsp3) is 0.174. The molecule has 0 bridgehead atoms. The molecule has 0 unspecified atom stereocenters. The molecule has 0 aromatic heterocycles. The lowest BCUT2D eigenvalue weighted by atomic mass is 10.1. The molecule has 0 saturated carbocycles. The van der Waals surface area contributed by atoms with Gasteiger partial charge in [-0.15, -0.1) is 0 Å². The molecular formula is C23H22Cl2N2O3S. The Morgan fingerprint density at radius 2 is 1.48 bits per heavy atom. The zero-order chi connectivity index (χ0) is 22.8. The second kappa shape index (κ2) is 9.30. The first-order chi connectivity index (χ1) is 14.6. The van der Waals surface area contributed by atoms with E-state index in [9.17, 15) is 13.2 Å². The van der Waals surface area contributed by atoms with Gasteiger partial charge in [-0.2, -0.15) is 0 Å². The van der Waals surface area contributed by atoms with Crippen molar-refractivity contribution in [3.8, 4) is 0 Å². The summed E-state index contributed by atoms with van der Waals surface area (Å²) in [5.41, 5.74) is 3.82. The number of hydrogen-bond donors (Lipinski definition) is 1. The summed E-state index contributed by atoms with van der Waals surface area (Å²) >= 11 is 12.2. The van der Waals surface area contributed by atoms with Crippen molar-refractivity contribution in [3.05, 3.63) is 87.4 Å². The predicted molar refractivity (Wildman–Crippen MR) is 127 cm³/mol. The molecule has 3 aromatic carbocycles. The third-order valence-corrected chi connectivity index (χ3v) is 7.05. The first-order valence-electron chi connectivity index (χ1n) is 9.49. The van der Waals surface area contributed by atoms with Crippen molar-refractivity contribution in [2.24, 2.45) is 0 Å². The number of anilines is 2. The van der Waals surface area contributed by atoms with E-state index in [0.717, 1.165) is 21.0 Å². The number of hydrogen-bond acceptors (Lipinski definition) is 3. The van der Waals surface area contributed by atoms with Crippen LogP contribution in [0.5, 0.6) is 0 Å². The van der Waals surface area contributed by atoms with Crippen LogP contribution in [0.15, 0.2) is 65.6 Å². The first-order valence-corrected chi connectivity index (χ1v) is 11.7. The van der Waals surface area contributed by atoms with Gasteiger partial charge in [0.1, 0.15) is 6.54 Å². The number of nitrogens with one attached hydrogen (secondary N) is 1. The number of amides is 1. The average molecular weight is 477 g/mol. The van der Waals surface area contributed by atoms with Crippen molar-refractivity contribution < 1.29 is 13.2 Å². The van der Waals surface area contributed by atoms with Crippen LogP contribution in [-0.2, 0) is 14.8 Å². The minimum Gasteiger partial charge on any atom is -0.325 e. The maximum Gasteiger partial charge on any atom is 0.264 e. The SMILES string of the molecule is Cc1ccc(S(=O)(=O)N(CC(=O)Nc2ccc(C)c(C)c2)c2cc(Cl)cc(Cl)c2)cc1. The molecule has 8 heteroatoms. The number of sulfonamides is 1. The van der Waals surface area contributed by atoms with Crippen molar-refractivity contribution >= 4 is 50.5 Å². The van der Waals surface area contributed by atoms with Crippen LogP contribution in [0.1, 0.15) is 16.7 Å². The normalized spacial score (nSPS) is 11.3. The van der Waals surface area contributed by atoms with Crippen molar-refractivity contribution in [1.29, 1.82) is 0 Å². The van der Waals surface area contributed by atoms with E-state index in [2.05, 4.69) is 5.32 Å². The summed E-state index contributed by atoms with van der Waals surface area (Å²) in [6, 6.07) is 16.3. The van der Waals surface area contributed by atoms with E-state index in [4.69, 9.17) is 23.2 Å². The van der Waals surface area contributed by atoms with Gasteiger partial charge in [-0.1, -0.05) is 47.0 Å². The molecule has 31 heavy (non-hydrogen) atoms. The smallest absolute Gasteiger partial charge is 0.264 e. The van der Waals surface area contributed by atoms with Crippen LogP contribution >= 0.6 is 23.2 Å². The van der Waals surface area contributed by atoms with E-state index < -0.39 is 22.5 Å². The van der Waals surface area contributed by atoms with E-state index in [0.29, 0.717) is 5.69 Å². The first kappa shape index (κ1) is 23.1. The lowest BCUT2D eigenvalue weighted by Gasteiger charge is -2.24. The number of benzene rings is 3. The molecule has 5 nitrogen and oxygen atoms in total. The highest BCUT2D eigenvalue weighted by Gasteiger charge is 2.28. The molecule has 0 aliphatic rings. The van der Waals surface area contributed by atoms with Crippen LogP contribution in [0, 0.1) is 20.8 Å². The maximum absolute atomic E-state index is 13.4. The van der Waals surface area contributed by atoms with E-state index in [1.807, 2.05) is 32.9 Å². The van der Waals surface area contributed by atoms with Gasteiger partial charge in [0.15, 0.2) is 0 Å². The van der Waals surface area contributed by atoms with Crippen LogP contribution in [0.3, 0.4) is 0 Å². The lowest BCUT2D eigenvalue weighted by Crippen LogP contribution is -2.38. The fourth-order valence-corrected chi connectivity index (χ4v) is 4.91. The second-order valence-corrected chi connectivity index (χ2v) is 10.0. The highest BCUT2D eigenvalue weighted by molar-refractivity contribution is 7.92. The van der Waals surface area contributed by atoms with Crippen molar-refractivity contribution in [2.75, 3.05) is 16.2 Å². The van der Waals surface area contributed by atoms with Crippen LogP contribution in [0.2, 0.25) is 10.0 Å². The van der Waals surface area contributed by atoms with Crippen molar-refractivity contribution in [2.45, 2.75) is 25.7 Å². The number of carbonyl (C=O) groups is 1. The molecule has 1 amide bonds. The molecule has 3 rings (SSSR count). The Morgan fingerprint density at radius 3 is 2.06 bits per heavy atom. The Balaban J connectivity index is 1.98. The van der Waals surface area contributed by atoms with Gasteiger partial charge in [-0.25, -0.2) is 8.42 Å². The summed E-state index contributed by atoms with van der Waals surface area (Å²) in [7, 11) is -4.05. The largest absolute Gasteiger partial charge is 0.325 e. The van der Waals surface area contributed by atoms with Crippen LogP contribution in [-0.4, -0.2) is 20.9 Å². The molecule has 0 spiro atoms. The Hall–Kier alpha value is -2.54. The van der Waals surface area contributed by atoms with Gasteiger partial charge in [-0.05, 0) is 74.4 Å². The number of nitrogens with zero attached hydrogens (tertiary/aromatic N) is 1. The third kappa shape index (κ3) is 5.58. The quantitative estimate of drug-likeness (QED) is 0.492. The van der Waals surface area contributed by atoms with Gasteiger partial charge >= 0.3 is 0 Å². The van der Waals surface area contributed by atoms with Gasteiger partial charge in [0.2, 0.25) is 5.91 Å². The van der Waals surface area contributed by atoms with Crippen LogP contribution in [0.25, 0.3) is 0 Å². The predicted octanol–water partition coefficient (Wildman–Crippen LogP) is 5.75. The zero-order valence-electron chi connectivity index (χ0n) is 17.3. The molecule has 162 valence electrons. The van der Waals surface area contributed by atoms with E-state index in [1.165, 1.54) is 30.3 Å². The molecule has 0 fully saturated rings. The molecule has 0 aliphatic heterocycles. The highest BCUT2D eigenvalue weighted by atomic mass is 35.5. The van der Waals surface area contributed by atoms with Gasteiger partial charge in [0, 0.05) is 15.7 Å². The molecular weight excluding hydrogens is 455 g/mol. The summed E-state index contributed by atoms with van der Waals surface area (Å²) < 4.78 is 27.8. The maximum atomic E-state index is 13.4. The van der Waals surface area contributed by atoms with Crippen molar-refractivity contribution in [3.63, 3.8) is 0 Å². The number of aryl methyl sites for hydroxylation is 3. The minimum atomic E-state index is -4.05. The number of carbonyl (C=O) groups excluding carboxylic acids is 1. The number of rotatable bonds is 6. The van der Waals surface area contributed by atoms with Gasteiger partial charge in [0.05, 0.1) is 10.6 Å². The Morgan fingerprint density at radius 1 is 0.871 bits per heavy atom. The fourth-order valence-electron chi connectivity index (χ4n) is 2.99. The third-order valence-electron chi connectivity index (χ3n) is 4.82. The topological polar surface area (TPSA) is 66.5 Å². The Labute approximate surface area is 192 Å². The summed E-state index contributed by atoms with van der Waals surface area (Å²) in [4.78, 5) is 12.9. The molecule has 0 aliphatic carbocycles. The molecule has 3 aromatic rings. The summed E-state index contributed by atoms with van der Waals surface area (Å²) in [5, 5.41) is 3.29. The van der Waals surface area contributed by atoms with Gasteiger partial charge in [-0.3, -0.25) is 9.10 Å². The molecule has 0 atom stereocenters. The van der Waals surface area contributed by atoms with Gasteiger partial charge in [0.25, 0.3) is 10.0 Å². The average Bonchev–Trinajstić information content (AvgIpc) is 2.68. The van der Waals surface area contributed by atoms with Gasteiger partial charge < -0.3 is 5.32 Å². The molecule has 0 heterocycles. The van der Waals surface area contributed by atoms with Crippen LogP contribution in [0.4, 0.5) is 11.4 Å². The molecule has 0 radical (unpaired) electrons. The minimum absolute atomic E-state index is 0.0631.